The van der Waals surface area contributed by atoms with Crippen LogP contribution < -0.4 is 11.1 Å². The fraction of sp³-hybridized carbons (Fsp3) is 0.364. The van der Waals surface area contributed by atoms with E-state index in [9.17, 15) is 14.9 Å². The molecule has 1 aromatic rings. The summed E-state index contributed by atoms with van der Waals surface area (Å²) in [6.07, 6.45) is 1.32. The predicted octanol–water partition coefficient (Wildman–Crippen LogP) is 2.31. The van der Waals surface area contributed by atoms with E-state index in [-0.39, 0.29) is 16.4 Å². The molecule has 0 spiro atoms. The first-order valence-corrected chi connectivity index (χ1v) is 5.84. The van der Waals surface area contributed by atoms with Crippen molar-refractivity contribution in [1.29, 1.82) is 0 Å². The van der Waals surface area contributed by atoms with Crippen LogP contribution in [0.25, 0.3) is 0 Å². The molecule has 0 aliphatic carbocycles. The Morgan fingerprint density at radius 2 is 2.28 bits per heavy atom. The molecule has 0 saturated heterocycles. The Morgan fingerprint density at radius 1 is 1.61 bits per heavy atom. The number of nitrogens with two attached hydrogens (primary N) is 1. The van der Waals surface area contributed by atoms with Crippen LogP contribution in [0.1, 0.15) is 19.8 Å². The van der Waals surface area contributed by atoms with Crippen molar-refractivity contribution >= 4 is 28.9 Å². The lowest BCUT2D eigenvalue weighted by molar-refractivity contribution is -0.384. The number of carbonyl (C=O) groups is 1. The summed E-state index contributed by atoms with van der Waals surface area (Å²) in [6, 6.07) is 3.19. The van der Waals surface area contributed by atoms with Crippen LogP contribution in [0.2, 0.25) is 5.02 Å². The van der Waals surface area contributed by atoms with Crippen molar-refractivity contribution in [2.24, 2.45) is 5.73 Å². The maximum absolute atomic E-state index is 11.7. The van der Waals surface area contributed by atoms with E-state index >= 15 is 0 Å². The molecule has 1 unspecified atom stereocenters. The number of halogens is 1. The van der Waals surface area contributed by atoms with Crippen LogP contribution in [0.5, 0.6) is 0 Å². The van der Waals surface area contributed by atoms with Crippen LogP contribution in [-0.2, 0) is 4.79 Å². The summed E-state index contributed by atoms with van der Waals surface area (Å²) in [5.41, 5.74) is 5.69. The van der Waals surface area contributed by atoms with E-state index in [4.69, 9.17) is 17.3 Å². The molecule has 1 atom stereocenters. The molecule has 1 aromatic carbocycles. The Bertz CT molecular complexity index is 465. The smallest absolute Gasteiger partial charge is 0.271 e. The number of nitrogens with one attached hydrogen (secondary N) is 1. The number of nitro benzene ring substituents is 1. The number of anilines is 1. The molecule has 0 bridgehead atoms. The molecule has 0 aliphatic rings. The summed E-state index contributed by atoms with van der Waals surface area (Å²) in [4.78, 5) is 21.7. The van der Waals surface area contributed by atoms with Crippen LogP contribution in [0.15, 0.2) is 18.2 Å². The van der Waals surface area contributed by atoms with Gasteiger partial charge in [-0.15, -0.1) is 0 Å². The maximum Gasteiger partial charge on any atom is 0.271 e. The number of rotatable bonds is 5. The molecule has 18 heavy (non-hydrogen) atoms. The Hall–Kier alpha value is -1.66. The fourth-order valence-corrected chi connectivity index (χ4v) is 1.55. The third-order valence-corrected chi connectivity index (χ3v) is 2.68. The summed E-state index contributed by atoms with van der Waals surface area (Å²) < 4.78 is 0. The molecule has 7 heteroatoms. The number of nitrogens with zero attached hydrogens (tertiary/aromatic N) is 1. The van der Waals surface area contributed by atoms with Crippen LogP contribution in [0, 0.1) is 10.1 Å². The van der Waals surface area contributed by atoms with E-state index < -0.39 is 16.9 Å². The first-order valence-electron chi connectivity index (χ1n) is 5.46. The third-order valence-electron chi connectivity index (χ3n) is 2.36. The summed E-state index contributed by atoms with van der Waals surface area (Å²) in [7, 11) is 0. The van der Waals surface area contributed by atoms with Crippen LogP contribution in [0.3, 0.4) is 0 Å². The molecule has 1 amide bonds. The Kier molecular flexibility index (Phi) is 5.06. The van der Waals surface area contributed by atoms with Gasteiger partial charge in [0, 0.05) is 12.1 Å². The van der Waals surface area contributed by atoms with E-state index in [0.717, 1.165) is 6.42 Å². The topological polar surface area (TPSA) is 98.3 Å². The van der Waals surface area contributed by atoms with E-state index in [0.29, 0.717) is 6.42 Å². The van der Waals surface area contributed by atoms with Crippen molar-refractivity contribution in [2.75, 3.05) is 5.32 Å². The highest BCUT2D eigenvalue weighted by Gasteiger charge is 2.16. The molecule has 3 N–H and O–H groups in total. The lowest BCUT2D eigenvalue weighted by Gasteiger charge is -2.12. The maximum atomic E-state index is 11.7. The number of hydrogen-bond donors (Lipinski definition) is 2. The van der Waals surface area contributed by atoms with E-state index in [1.165, 1.54) is 18.2 Å². The lowest BCUT2D eigenvalue weighted by Crippen LogP contribution is -2.35. The molecule has 0 aliphatic heterocycles. The highest BCUT2D eigenvalue weighted by atomic mass is 35.5. The van der Waals surface area contributed by atoms with Gasteiger partial charge in [0.15, 0.2) is 0 Å². The second-order valence-corrected chi connectivity index (χ2v) is 4.21. The van der Waals surface area contributed by atoms with E-state index in [1.807, 2.05) is 6.92 Å². The second kappa shape index (κ2) is 6.32. The Morgan fingerprint density at radius 3 is 2.83 bits per heavy atom. The highest BCUT2D eigenvalue weighted by Crippen LogP contribution is 2.26. The molecular formula is C11H14ClN3O3. The molecular weight excluding hydrogens is 258 g/mol. The van der Waals surface area contributed by atoms with Gasteiger partial charge >= 0.3 is 0 Å². The van der Waals surface area contributed by atoms with Crippen molar-refractivity contribution in [1.82, 2.24) is 0 Å². The molecule has 0 radical (unpaired) electrons. The van der Waals surface area contributed by atoms with Gasteiger partial charge in [0.1, 0.15) is 0 Å². The van der Waals surface area contributed by atoms with Crippen molar-refractivity contribution in [3.63, 3.8) is 0 Å². The first-order chi connectivity index (χ1) is 8.45. The number of hydrogen-bond acceptors (Lipinski definition) is 4. The van der Waals surface area contributed by atoms with Crippen molar-refractivity contribution in [3.05, 3.63) is 33.3 Å². The molecule has 0 heterocycles. The van der Waals surface area contributed by atoms with Gasteiger partial charge in [0.05, 0.1) is 21.7 Å². The fourth-order valence-electron chi connectivity index (χ4n) is 1.39. The lowest BCUT2D eigenvalue weighted by atomic mass is 10.1. The Labute approximate surface area is 109 Å². The average Bonchev–Trinajstić information content (AvgIpc) is 2.31. The van der Waals surface area contributed by atoms with Crippen molar-refractivity contribution in [3.8, 4) is 0 Å². The molecule has 0 aromatic heterocycles. The highest BCUT2D eigenvalue weighted by molar-refractivity contribution is 6.33. The van der Waals surface area contributed by atoms with Gasteiger partial charge in [0.2, 0.25) is 5.91 Å². The second-order valence-electron chi connectivity index (χ2n) is 3.81. The average molecular weight is 272 g/mol. The van der Waals surface area contributed by atoms with Crippen molar-refractivity contribution in [2.45, 2.75) is 25.8 Å². The monoisotopic (exact) mass is 271 g/mol. The van der Waals surface area contributed by atoms with E-state index in [2.05, 4.69) is 5.32 Å². The molecule has 6 nitrogen and oxygen atoms in total. The molecule has 0 saturated carbocycles. The van der Waals surface area contributed by atoms with Crippen LogP contribution >= 0.6 is 11.6 Å². The molecule has 0 fully saturated rings. The third kappa shape index (κ3) is 3.68. The summed E-state index contributed by atoms with van der Waals surface area (Å²) in [5.74, 6) is -0.403. The quantitative estimate of drug-likeness (QED) is 0.634. The van der Waals surface area contributed by atoms with Crippen LogP contribution in [0.4, 0.5) is 11.4 Å². The minimum Gasteiger partial charge on any atom is -0.323 e. The van der Waals surface area contributed by atoms with Gasteiger partial charge < -0.3 is 11.1 Å². The van der Waals surface area contributed by atoms with Crippen molar-refractivity contribution < 1.29 is 9.72 Å². The number of benzene rings is 1. The summed E-state index contributed by atoms with van der Waals surface area (Å²) >= 11 is 5.85. The standard InChI is InChI=1S/C11H14ClN3O3/c1-2-3-9(13)11(16)14-10-6-7(15(17)18)4-5-8(10)12/h4-6,9H,2-3,13H2,1H3,(H,14,16). The van der Waals surface area contributed by atoms with Gasteiger partial charge in [-0.1, -0.05) is 24.9 Å². The summed E-state index contributed by atoms with van der Waals surface area (Å²) in [6.45, 7) is 1.91. The minimum absolute atomic E-state index is 0.140. The molecule has 1 rings (SSSR count). The van der Waals surface area contributed by atoms with Gasteiger partial charge in [-0.2, -0.15) is 0 Å². The van der Waals surface area contributed by atoms with Gasteiger partial charge in [0.25, 0.3) is 5.69 Å². The zero-order valence-electron chi connectivity index (χ0n) is 9.85. The summed E-state index contributed by atoms with van der Waals surface area (Å²) in [5, 5.41) is 13.3. The Balaban J connectivity index is 2.86. The number of nitro groups is 1. The van der Waals surface area contributed by atoms with E-state index in [1.54, 1.807) is 0 Å². The number of carbonyl (C=O) groups excluding carboxylic acids is 1. The zero-order valence-corrected chi connectivity index (χ0v) is 10.6. The predicted molar refractivity (Wildman–Crippen MR) is 69.6 cm³/mol. The number of amides is 1. The minimum atomic E-state index is -0.648. The van der Waals surface area contributed by atoms with Crippen LogP contribution in [-0.4, -0.2) is 16.9 Å². The normalized spacial score (nSPS) is 11.9. The zero-order chi connectivity index (χ0) is 13.7. The largest absolute Gasteiger partial charge is 0.323 e. The van der Waals surface area contributed by atoms with Gasteiger partial charge in [-0.05, 0) is 12.5 Å². The first kappa shape index (κ1) is 14.4. The molecule has 98 valence electrons. The van der Waals surface area contributed by atoms with Gasteiger partial charge in [-0.25, -0.2) is 0 Å². The SMILES string of the molecule is CCCC(N)C(=O)Nc1cc([N+](=O)[O-])ccc1Cl. The number of non-ortho nitro benzene ring substituents is 1. The van der Waals surface area contributed by atoms with Gasteiger partial charge in [-0.3, -0.25) is 14.9 Å².